The Bertz CT molecular complexity index is 365. The highest BCUT2D eigenvalue weighted by atomic mass is 15.3. The molecule has 0 aromatic heterocycles. The second kappa shape index (κ2) is 5.39. The number of hydrazine groups is 1. The van der Waals surface area contributed by atoms with Crippen LogP contribution in [0.15, 0.2) is 30.3 Å². The first-order valence-electron chi connectivity index (χ1n) is 7.12. The minimum absolute atomic E-state index is 0.521. The maximum absolute atomic E-state index is 5.64. The summed E-state index contributed by atoms with van der Waals surface area (Å²) < 4.78 is 0. The van der Waals surface area contributed by atoms with Crippen LogP contribution in [0.3, 0.4) is 0 Å². The first kappa shape index (κ1) is 12.2. The van der Waals surface area contributed by atoms with Crippen molar-refractivity contribution in [1.82, 2.24) is 10.3 Å². The molecule has 2 heterocycles. The van der Waals surface area contributed by atoms with Crippen molar-refractivity contribution in [2.75, 3.05) is 0 Å². The molecule has 1 aromatic carbocycles. The van der Waals surface area contributed by atoms with Crippen LogP contribution in [-0.4, -0.2) is 23.0 Å². The fourth-order valence-electron chi connectivity index (χ4n) is 3.67. The van der Waals surface area contributed by atoms with E-state index in [-0.39, 0.29) is 0 Å². The zero-order valence-electron chi connectivity index (χ0n) is 10.9. The Morgan fingerprint density at radius 2 is 1.78 bits per heavy atom. The lowest BCUT2D eigenvalue weighted by molar-refractivity contribution is 0.0177. The van der Waals surface area contributed by atoms with Crippen LogP contribution >= 0.6 is 0 Å². The van der Waals surface area contributed by atoms with Crippen LogP contribution in [-0.2, 0) is 6.54 Å². The van der Waals surface area contributed by atoms with Crippen molar-refractivity contribution in [3.63, 3.8) is 0 Å². The number of fused-ring (bicyclic) bond motifs is 2. The lowest BCUT2D eigenvalue weighted by Gasteiger charge is -2.48. The molecule has 2 bridgehead atoms. The number of hydrogen-bond acceptors (Lipinski definition) is 3. The lowest BCUT2D eigenvalue weighted by atomic mass is 9.81. The molecule has 1 unspecified atom stereocenters. The summed E-state index contributed by atoms with van der Waals surface area (Å²) in [5, 5.41) is 0. The minimum Gasteiger partial charge on any atom is -0.293 e. The Kier molecular flexibility index (Phi) is 3.64. The Labute approximate surface area is 109 Å². The number of nitrogens with one attached hydrogen (secondary N) is 1. The molecule has 3 N–H and O–H groups in total. The second-order valence-corrected chi connectivity index (χ2v) is 5.73. The van der Waals surface area contributed by atoms with Crippen molar-refractivity contribution in [3.05, 3.63) is 35.9 Å². The van der Waals surface area contributed by atoms with Crippen LogP contribution in [0.4, 0.5) is 0 Å². The number of piperidine rings is 2. The van der Waals surface area contributed by atoms with Gasteiger partial charge in [-0.3, -0.25) is 16.2 Å². The zero-order valence-corrected chi connectivity index (χ0v) is 10.9. The standard InChI is InChI=1S/C15H23N3/c16-17-13-9-14-7-4-8-15(10-13)18(14)11-12-5-2-1-3-6-12/h1-3,5-6,13-15,17H,4,7-11,16H2/t13?,14-,15+. The van der Waals surface area contributed by atoms with Crippen LogP contribution in [0.25, 0.3) is 0 Å². The van der Waals surface area contributed by atoms with E-state index in [2.05, 4.69) is 40.7 Å². The van der Waals surface area contributed by atoms with E-state index in [0.717, 1.165) is 18.6 Å². The maximum Gasteiger partial charge on any atom is 0.0240 e. The van der Waals surface area contributed by atoms with Gasteiger partial charge in [-0.15, -0.1) is 0 Å². The highest BCUT2D eigenvalue weighted by Crippen LogP contribution is 2.34. The van der Waals surface area contributed by atoms with Crippen molar-refractivity contribution >= 4 is 0 Å². The predicted molar refractivity (Wildman–Crippen MR) is 73.8 cm³/mol. The van der Waals surface area contributed by atoms with Gasteiger partial charge in [-0.2, -0.15) is 0 Å². The third kappa shape index (κ3) is 2.44. The molecule has 0 aliphatic carbocycles. The van der Waals surface area contributed by atoms with Gasteiger partial charge in [0.15, 0.2) is 0 Å². The molecule has 1 aromatic rings. The number of benzene rings is 1. The van der Waals surface area contributed by atoms with Crippen molar-refractivity contribution < 1.29 is 0 Å². The highest BCUT2D eigenvalue weighted by Gasteiger charge is 2.37. The largest absolute Gasteiger partial charge is 0.293 e. The molecule has 2 fully saturated rings. The van der Waals surface area contributed by atoms with E-state index in [1.54, 1.807) is 0 Å². The van der Waals surface area contributed by atoms with Crippen LogP contribution < -0.4 is 11.3 Å². The molecule has 98 valence electrons. The zero-order chi connectivity index (χ0) is 12.4. The summed E-state index contributed by atoms with van der Waals surface area (Å²) >= 11 is 0. The molecule has 2 aliphatic heterocycles. The summed E-state index contributed by atoms with van der Waals surface area (Å²) in [5.74, 6) is 5.64. The van der Waals surface area contributed by atoms with Crippen LogP contribution in [0.2, 0.25) is 0 Å². The van der Waals surface area contributed by atoms with E-state index in [9.17, 15) is 0 Å². The number of nitrogens with two attached hydrogens (primary N) is 1. The molecule has 0 saturated carbocycles. The molecule has 3 rings (SSSR count). The van der Waals surface area contributed by atoms with Gasteiger partial charge < -0.3 is 0 Å². The highest BCUT2D eigenvalue weighted by molar-refractivity contribution is 5.15. The molecular weight excluding hydrogens is 222 g/mol. The van der Waals surface area contributed by atoms with E-state index in [1.807, 2.05) is 0 Å². The molecule has 3 atom stereocenters. The smallest absolute Gasteiger partial charge is 0.0240 e. The van der Waals surface area contributed by atoms with E-state index in [4.69, 9.17) is 5.84 Å². The monoisotopic (exact) mass is 245 g/mol. The third-order valence-corrected chi connectivity index (χ3v) is 4.57. The maximum atomic E-state index is 5.64. The number of rotatable bonds is 3. The van der Waals surface area contributed by atoms with Gasteiger partial charge in [0, 0.05) is 24.7 Å². The topological polar surface area (TPSA) is 41.3 Å². The fraction of sp³-hybridized carbons (Fsp3) is 0.600. The molecule has 0 amide bonds. The fourth-order valence-corrected chi connectivity index (χ4v) is 3.67. The first-order chi connectivity index (χ1) is 8.86. The molecule has 0 radical (unpaired) electrons. The normalized spacial score (nSPS) is 32.4. The Balaban J connectivity index is 1.72. The molecule has 2 aliphatic rings. The summed E-state index contributed by atoms with van der Waals surface area (Å²) in [7, 11) is 0. The lowest BCUT2D eigenvalue weighted by Crippen LogP contribution is -2.56. The second-order valence-electron chi connectivity index (χ2n) is 5.73. The van der Waals surface area contributed by atoms with Gasteiger partial charge in [-0.1, -0.05) is 36.8 Å². The third-order valence-electron chi connectivity index (χ3n) is 4.57. The van der Waals surface area contributed by atoms with E-state index in [0.29, 0.717) is 6.04 Å². The van der Waals surface area contributed by atoms with E-state index >= 15 is 0 Å². The summed E-state index contributed by atoms with van der Waals surface area (Å²) in [6.45, 7) is 1.10. The average molecular weight is 245 g/mol. The van der Waals surface area contributed by atoms with Crippen LogP contribution in [0.1, 0.15) is 37.7 Å². The molecule has 3 heteroatoms. The van der Waals surface area contributed by atoms with Gasteiger partial charge in [0.1, 0.15) is 0 Å². The van der Waals surface area contributed by atoms with Crippen LogP contribution in [0, 0.1) is 0 Å². The van der Waals surface area contributed by atoms with Crippen molar-refractivity contribution in [2.24, 2.45) is 5.84 Å². The van der Waals surface area contributed by atoms with Crippen molar-refractivity contribution in [3.8, 4) is 0 Å². The van der Waals surface area contributed by atoms with Crippen molar-refractivity contribution in [2.45, 2.75) is 56.8 Å². The van der Waals surface area contributed by atoms with Crippen LogP contribution in [0.5, 0.6) is 0 Å². The van der Waals surface area contributed by atoms with Gasteiger partial charge >= 0.3 is 0 Å². The number of hydrogen-bond donors (Lipinski definition) is 2. The van der Waals surface area contributed by atoms with E-state index in [1.165, 1.54) is 37.7 Å². The van der Waals surface area contributed by atoms with Gasteiger partial charge in [0.25, 0.3) is 0 Å². The molecule has 0 spiro atoms. The Hall–Kier alpha value is -0.900. The quantitative estimate of drug-likeness (QED) is 0.632. The minimum atomic E-state index is 0.521. The SMILES string of the molecule is NNC1C[C@H]2CCC[C@@H](C1)N2Cc1ccccc1. The van der Waals surface area contributed by atoms with Crippen molar-refractivity contribution in [1.29, 1.82) is 0 Å². The Morgan fingerprint density at radius 3 is 2.39 bits per heavy atom. The van der Waals surface area contributed by atoms with Gasteiger partial charge in [-0.25, -0.2) is 0 Å². The summed E-state index contributed by atoms with van der Waals surface area (Å²) in [5.41, 5.74) is 4.43. The predicted octanol–water partition coefficient (Wildman–Crippen LogP) is 2.04. The average Bonchev–Trinajstić information content (AvgIpc) is 2.39. The molecular formula is C15H23N3. The molecule has 3 nitrogen and oxygen atoms in total. The first-order valence-corrected chi connectivity index (χ1v) is 7.12. The van der Waals surface area contributed by atoms with E-state index < -0.39 is 0 Å². The van der Waals surface area contributed by atoms with Gasteiger partial charge in [-0.05, 0) is 31.2 Å². The summed E-state index contributed by atoms with van der Waals surface area (Å²) in [4.78, 5) is 2.71. The van der Waals surface area contributed by atoms with Gasteiger partial charge in [0.2, 0.25) is 0 Å². The summed E-state index contributed by atoms with van der Waals surface area (Å²) in [6, 6.07) is 12.8. The number of nitrogens with zero attached hydrogens (tertiary/aromatic N) is 1. The molecule has 2 saturated heterocycles. The Morgan fingerprint density at radius 1 is 1.11 bits per heavy atom. The van der Waals surface area contributed by atoms with Gasteiger partial charge in [0.05, 0.1) is 0 Å². The molecule has 18 heavy (non-hydrogen) atoms. The summed E-state index contributed by atoms with van der Waals surface area (Å²) in [6.07, 6.45) is 6.47.